The number of ether oxygens (including phenoxy) is 1. The normalized spacial score (nSPS) is 11.1. The molecule has 0 aliphatic carbocycles. The van der Waals surface area contributed by atoms with Gasteiger partial charge in [-0.25, -0.2) is 5.43 Å². The summed E-state index contributed by atoms with van der Waals surface area (Å²) >= 11 is 0. The molecule has 0 spiro atoms. The number of nitrogens with one attached hydrogen (secondary N) is 1. The smallest absolute Gasteiger partial charge is 0.277 e. The van der Waals surface area contributed by atoms with Crippen LogP contribution in [0.4, 0.5) is 0 Å². The molecule has 0 aliphatic rings. The highest BCUT2D eigenvalue weighted by atomic mass is 16.5. The molecule has 158 valence electrons. The van der Waals surface area contributed by atoms with Crippen molar-refractivity contribution in [2.75, 3.05) is 6.61 Å². The van der Waals surface area contributed by atoms with Crippen LogP contribution >= 0.6 is 0 Å². The van der Waals surface area contributed by atoms with E-state index in [0.29, 0.717) is 5.75 Å². The summed E-state index contributed by atoms with van der Waals surface area (Å²) in [5.74, 6) is 0.346. The number of amides is 1. The van der Waals surface area contributed by atoms with E-state index in [0.717, 1.165) is 33.5 Å². The van der Waals surface area contributed by atoms with Crippen LogP contribution in [0.3, 0.4) is 0 Å². The van der Waals surface area contributed by atoms with Crippen molar-refractivity contribution in [2.45, 2.75) is 6.92 Å². The monoisotopic (exact) mass is 420 g/mol. The number of hydrogen-bond acceptors (Lipinski definition) is 3. The first-order valence-corrected chi connectivity index (χ1v) is 10.5. The summed E-state index contributed by atoms with van der Waals surface area (Å²) in [4.78, 5) is 12.3. The van der Waals surface area contributed by atoms with E-state index < -0.39 is 0 Å². The zero-order valence-corrected chi connectivity index (χ0v) is 17.9. The second kappa shape index (κ2) is 10.2. The molecule has 0 bridgehead atoms. The van der Waals surface area contributed by atoms with E-state index in [9.17, 15) is 4.79 Å². The summed E-state index contributed by atoms with van der Waals surface area (Å²) in [6.07, 6.45) is 0. The summed E-state index contributed by atoms with van der Waals surface area (Å²) in [6.45, 7) is 1.75. The van der Waals surface area contributed by atoms with Gasteiger partial charge in [0, 0.05) is 5.56 Å². The van der Waals surface area contributed by atoms with Crippen LogP contribution in [0.2, 0.25) is 0 Å². The van der Waals surface area contributed by atoms with Gasteiger partial charge in [0.1, 0.15) is 5.75 Å². The van der Waals surface area contributed by atoms with Crippen molar-refractivity contribution < 1.29 is 9.53 Å². The number of benzene rings is 4. The minimum absolute atomic E-state index is 0.117. The number of carbonyl (C=O) groups excluding carboxylic acids is 1. The van der Waals surface area contributed by atoms with Crippen LogP contribution in [-0.4, -0.2) is 18.2 Å². The quantitative estimate of drug-likeness (QED) is 0.297. The van der Waals surface area contributed by atoms with Crippen molar-refractivity contribution >= 4 is 11.6 Å². The highest BCUT2D eigenvalue weighted by Gasteiger charge is 2.08. The topological polar surface area (TPSA) is 50.7 Å². The highest BCUT2D eigenvalue weighted by molar-refractivity contribution is 5.99. The zero-order chi connectivity index (χ0) is 22.2. The SMILES string of the molecule is C/C(=N\NC(=O)COc1ccccc1-c1ccccc1)c1ccc(-c2ccccc2)cc1. The summed E-state index contributed by atoms with van der Waals surface area (Å²) in [6, 6.07) is 35.9. The molecule has 0 aromatic heterocycles. The van der Waals surface area contributed by atoms with Crippen molar-refractivity contribution in [3.05, 3.63) is 115 Å². The van der Waals surface area contributed by atoms with Crippen molar-refractivity contribution in [3.63, 3.8) is 0 Å². The van der Waals surface area contributed by atoms with Gasteiger partial charge >= 0.3 is 0 Å². The van der Waals surface area contributed by atoms with Gasteiger partial charge < -0.3 is 4.74 Å². The average molecular weight is 421 g/mol. The highest BCUT2D eigenvalue weighted by Crippen LogP contribution is 2.29. The second-order valence-corrected chi connectivity index (χ2v) is 7.33. The molecule has 0 heterocycles. The molecule has 4 rings (SSSR count). The molecule has 0 saturated carbocycles. The van der Waals surface area contributed by atoms with E-state index in [-0.39, 0.29) is 12.5 Å². The van der Waals surface area contributed by atoms with Crippen LogP contribution in [-0.2, 0) is 4.79 Å². The number of carbonyl (C=O) groups is 1. The Morgan fingerprint density at radius 2 is 1.28 bits per heavy atom. The van der Waals surface area contributed by atoms with Crippen molar-refractivity contribution in [3.8, 4) is 28.0 Å². The predicted molar refractivity (Wildman–Crippen MR) is 130 cm³/mol. The first-order chi connectivity index (χ1) is 15.7. The molecule has 4 nitrogen and oxygen atoms in total. The lowest BCUT2D eigenvalue weighted by Gasteiger charge is -2.11. The Morgan fingerprint density at radius 1 is 0.719 bits per heavy atom. The predicted octanol–water partition coefficient (Wildman–Crippen LogP) is 5.94. The summed E-state index contributed by atoms with van der Waals surface area (Å²) in [5.41, 5.74) is 8.53. The standard InChI is InChI=1S/C28H24N2O2/c1-21(22-16-18-24(19-17-22)23-10-4-2-5-11-23)29-30-28(31)20-32-27-15-9-8-14-26(27)25-12-6-3-7-13-25/h2-19H,20H2,1H3,(H,30,31)/b29-21+. The number of nitrogens with zero attached hydrogens (tertiary/aromatic N) is 1. The first kappa shape index (κ1) is 21.1. The van der Waals surface area contributed by atoms with Crippen molar-refractivity contribution in [1.82, 2.24) is 5.43 Å². The Kier molecular flexibility index (Phi) is 6.73. The number of hydrogen-bond donors (Lipinski definition) is 1. The minimum atomic E-state index is -0.312. The second-order valence-electron chi connectivity index (χ2n) is 7.33. The van der Waals surface area contributed by atoms with Gasteiger partial charge in [-0.3, -0.25) is 4.79 Å². The average Bonchev–Trinajstić information content (AvgIpc) is 2.87. The van der Waals surface area contributed by atoms with Gasteiger partial charge in [-0.15, -0.1) is 0 Å². The number of rotatable bonds is 7. The largest absolute Gasteiger partial charge is 0.483 e. The number of hydrazone groups is 1. The Bertz CT molecular complexity index is 1200. The lowest BCUT2D eigenvalue weighted by molar-refractivity contribution is -0.123. The molecule has 1 N–H and O–H groups in total. The first-order valence-electron chi connectivity index (χ1n) is 10.5. The Labute approximate surface area is 188 Å². The molecule has 0 aliphatic heterocycles. The fraction of sp³-hybridized carbons (Fsp3) is 0.0714. The van der Waals surface area contributed by atoms with E-state index in [1.165, 1.54) is 0 Å². The molecule has 32 heavy (non-hydrogen) atoms. The molecule has 4 aromatic rings. The van der Waals surface area contributed by atoms with Crippen molar-refractivity contribution in [2.24, 2.45) is 5.10 Å². The van der Waals surface area contributed by atoms with E-state index in [1.807, 2.05) is 91.9 Å². The van der Waals surface area contributed by atoms with Gasteiger partial charge in [0.2, 0.25) is 0 Å². The molecule has 0 saturated heterocycles. The minimum Gasteiger partial charge on any atom is -0.483 e. The van der Waals surface area contributed by atoms with Crippen LogP contribution in [0.15, 0.2) is 114 Å². The van der Waals surface area contributed by atoms with E-state index in [2.05, 4.69) is 34.8 Å². The van der Waals surface area contributed by atoms with Gasteiger partial charge in [0.05, 0.1) is 5.71 Å². The van der Waals surface area contributed by atoms with Crippen LogP contribution < -0.4 is 10.2 Å². The summed E-state index contributed by atoms with van der Waals surface area (Å²) in [7, 11) is 0. The molecule has 0 fully saturated rings. The summed E-state index contributed by atoms with van der Waals surface area (Å²) in [5, 5.41) is 4.23. The van der Waals surface area contributed by atoms with Crippen LogP contribution in [0, 0.1) is 0 Å². The third-order valence-corrected chi connectivity index (χ3v) is 5.09. The third kappa shape index (κ3) is 5.29. The van der Waals surface area contributed by atoms with Gasteiger partial charge in [0.25, 0.3) is 5.91 Å². The van der Waals surface area contributed by atoms with Crippen LogP contribution in [0.5, 0.6) is 5.75 Å². The Balaban J connectivity index is 1.36. The van der Waals surface area contributed by atoms with Gasteiger partial charge in [-0.2, -0.15) is 5.10 Å². The molecular formula is C28H24N2O2. The molecule has 0 unspecified atom stereocenters. The molecular weight excluding hydrogens is 396 g/mol. The van der Waals surface area contributed by atoms with Crippen LogP contribution in [0.25, 0.3) is 22.3 Å². The molecule has 4 aromatic carbocycles. The lowest BCUT2D eigenvalue weighted by atomic mass is 10.0. The maximum atomic E-state index is 12.3. The maximum Gasteiger partial charge on any atom is 0.277 e. The van der Waals surface area contributed by atoms with Gasteiger partial charge in [-0.1, -0.05) is 103 Å². The lowest BCUT2D eigenvalue weighted by Crippen LogP contribution is -2.25. The fourth-order valence-electron chi connectivity index (χ4n) is 3.37. The van der Waals surface area contributed by atoms with E-state index in [4.69, 9.17) is 4.74 Å². The fourth-order valence-corrected chi connectivity index (χ4v) is 3.37. The zero-order valence-electron chi connectivity index (χ0n) is 17.9. The Hall–Kier alpha value is -4.18. The van der Waals surface area contributed by atoms with E-state index >= 15 is 0 Å². The summed E-state index contributed by atoms with van der Waals surface area (Å²) < 4.78 is 5.77. The molecule has 4 heteroatoms. The number of para-hydroxylation sites is 1. The van der Waals surface area contributed by atoms with Gasteiger partial charge in [-0.05, 0) is 35.2 Å². The van der Waals surface area contributed by atoms with Crippen LogP contribution in [0.1, 0.15) is 12.5 Å². The van der Waals surface area contributed by atoms with E-state index in [1.54, 1.807) is 0 Å². The van der Waals surface area contributed by atoms with Crippen molar-refractivity contribution in [1.29, 1.82) is 0 Å². The molecule has 1 amide bonds. The third-order valence-electron chi connectivity index (χ3n) is 5.09. The molecule has 0 atom stereocenters. The molecule has 0 radical (unpaired) electrons. The Morgan fingerprint density at radius 3 is 1.97 bits per heavy atom. The maximum absolute atomic E-state index is 12.3. The van der Waals surface area contributed by atoms with Gasteiger partial charge in [0.15, 0.2) is 6.61 Å².